The lowest BCUT2D eigenvalue weighted by Gasteiger charge is -2.20. The molecular weight excluding hydrogens is 200 g/mol. The zero-order valence-corrected chi connectivity index (χ0v) is 8.50. The molecule has 0 atom stereocenters. The van der Waals surface area contributed by atoms with Gasteiger partial charge in [0, 0.05) is 17.1 Å². The highest BCUT2D eigenvalue weighted by Crippen LogP contribution is 2.27. The summed E-state index contributed by atoms with van der Waals surface area (Å²) in [5.41, 5.74) is 2.71. The highest BCUT2D eigenvalue weighted by atomic mass is 35.5. The van der Waals surface area contributed by atoms with Crippen molar-refractivity contribution in [3.63, 3.8) is 0 Å². The van der Waals surface area contributed by atoms with Gasteiger partial charge in [-0.1, -0.05) is 35.3 Å². The number of hydrogen-bond donors (Lipinski definition) is 1. The van der Waals surface area contributed by atoms with E-state index in [9.17, 15) is 0 Å². The summed E-state index contributed by atoms with van der Waals surface area (Å²) >= 11 is 11.1. The van der Waals surface area contributed by atoms with Crippen molar-refractivity contribution in [1.82, 2.24) is 0 Å². The summed E-state index contributed by atoms with van der Waals surface area (Å²) in [7, 11) is 5.69. The number of thiocarbonyl (C=S) groups is 1. The summed E-state index contributed by atoms with van der Waals surface area (Å²) in [6, 6.07) is 3.71. The Morgan fingerprint density at radius 2 is 2.15 bits per heavy atom. The normalized spacial score (nSPS) is 15.0. The van der Waals surface area contributed by atoms with Gasteiger partial charge >= 0.3 is 0 Å². The Bertz CT molecular complexity index is 378. The summed E-state index contributed by atoms with van der Waals surface area (Å²) in [5.74, 6) is 0. The lowest BCUT2D eigenvalue weighted by molar-refractivity contribution is 1.03. The van der Waals surface area contributed by atoms with Crippen LogP contribution in [0.25, 0.3) is 0 Å². The Balaban J connectivity index is 2.53. The van der Waals surface area contributed by atoms with E-state index in [-0.39, 0.29) is 0 Å². The van der Waals surface area contributed by atoms with Crippen LogP contribution in [0, 0.1) is 0 Å². The van der Waals surface area contributed by atoms with Crippen molar-refractivity contribution in [2.45, 2.75) is 12.8 Å². The van der Waals surface area contributed by atoms with E-state index in [4.69, 9.17) is 31.7 Å². The van der Waals surface area contributed by atoms with E-state index in [0.717, 1.165) is 29.1 Å². The Kier molecular flexibility index (Phi) is 2.30. The molecule has 13 heavy (non-hydrogen) atoms. The molecule has 0 aliphatic carbocycles. The van der Waals surface area contributed by atoms with E-state index in [2.05, 4.69) is 5.32 Å². The summed E-state index contributed by atoms with van der Waals surface area (Å²) in [4.78, 5) is 0.869. The van der Waals surface area contributed by atoms with E-state index in [0.29, 0.717) is 10.5 Å². The smallest absolute Gasteiger partial charge is 0.115 e. The minimum Gasteiger partial charge on any atom is -0.350 e. The molecule has 2 rings (SSSR count). The zero-order valence-electron chi connectivity index (χ0n) is 6.93. The number of anilines is 1. The van der Waals surface area contributed by atoms with Crippen LogP contribution in [0.1, 0.15) is 12.0 Å². The molecule has 1 aliphatic heterocycles. The number of hydrogen-bond acceptors (Lipinski definition) is 1. The maximum Gasteiger partial charge on any atom is 0.115 e. The quantitative estimate of drug-likeness (QED) is 0.514. The Morgan fingerprint density at radius 1 is 1.38 bits per heavy atom. The van der Waals surface area contributed by atoms with Gasteiger partial charge in [0.15, 0.2) is 0 Å². The molecule has 0 unspecified atom stereocenters. The van der Waals surface area contributed by atoms with E-state index in [1.807, 2.05) is 6.07 Å². The van der Waals surface area contributed by atoms with Gasteiger partial charge in [-0.05, 0) is 18.1 Å². The van der Waals surface area contributed by atoms with Crippen molar-refractivity contribution in [3.8, 4) is 0 Å². The molecule has 0 saturated heterocycles. The highest BCUT2D eigenvalue weighted by Gasteiger charge is 2.15. The Morgan fingerprint density at radius 3 is 2.92 bits per heavy atom. The fraction of sp³-hybridized carbons (Fsp3) is 0.222. The second kappa shape index (κ2) is 3.31. The van der Waals surface area contributed by atoms with Crippen LogP contribution in [0.4, 0.5) is 5.69 Å². The van der Waals surface area contributed by atoms with Gasteiger partial charge in [-0.25, -0.2) is 0 Å². The molecule has 0 fully saturated rings. The minimum absolute atomic E-state index is 0.634. The van der Waals surface area contributed by atoms with Crippen molar-refractivity contribution < 1.29 is 0 Å². The molecule has 1 aromatic carbocycles. The summed E-state index contributed by atoms with van der Waals surface area (Å²) in [6.45, 7) is 0. The first-order chi connectivity index (χ1) is 6.18. The second-order valence-electron chi connectivity index (χ2n) is 3.04. The third kappa shape index (κ3) is 1.58. The first-order valence-electron chi connectivity index (χ1n) is 4.05. The van der Waals surface area contributed by atoms with Crippen molar-refractivity contribution in [3.05, 3.63) is 22.7 Å². The molecule has 0 saturated carbocycles. The average molecular weight is 207 g/mol. The van der Waals surface area contributed by atoms with Crippen LogP contribution in [0.2, 0.25) is 5.02 Å². The van der Waals surface area contributed by atoms with Gasteiger partial charge in [-0.2, -0.15) is 0 Å². The van der Waals surface area contributed by atoms with Crippen LogP contribution in [0.3, 0.4) is 0 Å². The first kappa shape index (κ1) is 9.04. The minimum atomic E-state index is 0.634. The van der Waals surface area contributed by atoms with Crippen molar-refractivity contribution >= 4 is 47.8 Å². The molecule has 64 valence electrons. The number of benzene rings is 1. The van der Waals surface area contributed by atoms with E-state index in [1.165, 1.54) is 0 Å². The molecule has 2 radical (unpaired) electrons. The Labute approximate surface area is 88.9 Å². The molecule has 0 spiro atoms. The predicted octanol–water partition coefficient (Wildman–Crippen LogP) is 1.82. The number of halogens is 1. The van der Waals surface area contributed by atoms with Crippen molar-refractivity contribution in [2.75, 3.05) is 5.32 Å². The second-order valence-corrected chi connectivity index (χ2v) is 3.91. The SMILES string of the molecule is [B]c1ccc2c(c1Cl)CCC(=S)N2. The maximum absolute atomic E-state index is 6.05. The zero-order chi connectivity index (χ0) is 9.42. The molecule has 1 nitrogen and oxygen atoms in total. The number of fused-ring (bicyclic) bond motifs is 1. The largest absolute Gasteiger partial charge is 0.350 e. The first-order valence-corrected chi connectivity index (χ1v) is 4.84. The third-order valence-electron chi connectivity index (χ3n) is 2.15. The van der Waals surface area contributed by atoms with Crippen molar-refractivity contribution in [1.29, 1.82) is 0 Å². The van der Waals surface area contributed by atoms with Crippen LogP contribution < -0.4 is 10.8 Å². The number of rotatable bonds is 0. The fourth-order valence-corrected chi connectivity index (χ4v) is 1.92. The van der Waals surface area contributed by atoms with E-state index >= 15 is 0 Å². The van der Waals surface area contributed by atoms with Gasteiger partial charge in [-0.15, -0.1) is 0 Å². The summed E-state index contributed by atoms with van der Waals surface area (Å²) in [5, 5.41) is 3.78. The molecule has 1 aromatic rings. The lowest BCUT2D eigenvalue weighted by Crippen LogP contribution is -2.20. The van der Waals surface area contributed by atoms with Crippen LogP contribution >= 0.6 is 23.8 Å². The molecule has 0 bridgehead atoms. The van der Waals surface area contributed by atoms with E-state index in [1.54, 1.807) is 6.07 Å². The maximum atomic E-state index is 6.05. The third-order valence-corrected chi connectivity index (χ3v) is 2.90. The van der Waals surface area contributed by atoms with Gasteiger partial charge in [0.25, 0.3) is 0 Å². The van der Waals surface area contributed by atoms with Gasteiger partial charge in [0.2, 0.25) is 0 Å². The van der Waals surface area contributed by atoms with Gasteiger partial charge in [-0.3, -0.25) is 0 Å². The van der Waals surface area contributed by atoms with Gasteiger partial charge < -0.3 is 5.32 Å². The van der Waals surface area contributed by atoms with Gasteiger partial charge in [0.1, 0.15) is 7.85 Å². The van der Waals surface area contributed by atoms with Crippen LogP contribution in [0.15, 0.2) is 12.1 Å². The molecular formula is C9H7BClNS. The molecule has 0 aromatic heterocycles. The summed E-state index contributed by atoms with van der Waals surface area (Å²) in [6.07, 6.45) is 1.73. The molecule has 1 aliphatic rings. The predicted molar refractivity (Wildman–Crippen MR) is 61.4 cm³/mol. The molecule has 4 heteroatoms. The Hall–Kier alpha value is -0.535. The highest BCUT2D eigenvalue weighted by molar-refractivity contribution is 7.80. The molecule has 0 amide bonds. The lowest BCUT2D eigenvalue weighted by atomic mass is 9.91. The van der Waals surface area contributed by atoms with Crippen LogP contribution in [-0.2, 0) is 6.42 Å². The summed E-state index contributed by atoms with van der Waals surface area (Å²) < 4.78 is 0. The standard InChI is InChI=1S/C9H7BClNS/c10-6-2-3-7-5(9(6)11)1-4-8(13)12-7/h2-3H,1,4H2,(H,12,13). The van der Waals surface area contributed by atoms with E-state index < -0.39 is 0 Å². The molecule has 1 N–H and O–H groups in total. The van der Waals surface area contributed by atoms with Crippen LogP contribution in [0.5, 0.6) is 0 Å². The average Bonchev–Trinajstić information content (AvgIpc) is 2.12. The fourth-order valence-electron chi connectivity index (χ4n) is 1.45. The number of nitrogens with one attached hydrogen (secondary N) is 1. The van der Waals surface area contributed by atoms with Crippen molar-refractivity contribution in [2.24, 2.45) is 0 Å². The molecule has 1 heterocycles. The van der Waals surface area contributed by atoms with Crippen LogP contribution in [-0.4, -0.2) is 12.8 Å². The topological polar surface area (TPSA) is 12.0 Å². The monoisotopic (exact) mass is 207 g/mol. The van der Waals surface area contributed by atoms with Gasteiger partial charge in [0.05, 0.1) is 4.99 Å².